The third kappa shape index (κ3) is 3.29. The zero-order valence-electron chi connectivity index (χ0n) is 11.4. The lowest BCUT2D eigenvalue weighted by Crippen LogP contribution is -2.44. The summed E-state index contributed by atoms with van der Waals surface area (Å²) in [6, 6.07) is 3.23. The van der Waals surface area contributed by atoms with Crippen molar-refractivity contribution in [1.29, 1.82) is 0 Å². The molecule has 1 aromatic rings. The monoisotopic (exact) mass is 271 g/mol. The maximum absolute atomic E-state index is 13.4. The zero-order valence-corrected chi connectivity index (χ0v) is 11.4. The maximum atomic E-state index is 13.4. The Morgan fingerprint density at radius 3 is 2.53 bits per heavy atom. The molecule has 106 valence electrons. The first kappa shape index (κ1) is 15.6. The van der Waals surface area contributed by atoms with Crippen molar-refractivity contribution >= 4 is 5.97 Å². The summed E-state index contributed by atoms with van der Waals surface area (Å²) < 4.78 is 31.0. The molecule has 0 aliphatic heterocycles. The molecular weight excluding hydrogens is 252 g/mol. The molecule has 0 saturated carbocycles. The molecule has 0 fully saturated rings. The molecule has 0 amide bonds. The van der Waals surface area contributed by atoms with Crippen LogP contribution in [0, 0.1) is 11.6 Å². The topological polar surface area (TPSA) is 52.3 Å². The molecular formula is C14H19F2NO2. The minimum absolute atomic E-state index is 0.0174. The van der Waals surface area contributed by atoms with Crippen molar-refractivity contribution in [3.8, 4) is 0 Å². The van der Waals surface area contributed by atoms with Gasteiger partial charge in [-0.2, -0.15) is 0 Å². The van der Waals surface area contributed by atoms with Gasteiger partial charge in [-0.1, -0.05) is 19.9 Å². The van der Waals surface area contributed by atoms with Crippen LogP contribution in [0.5, 0.6) is 0 Å². The van der Waals surface area contributed by atoms with E-state index in [1.807, 2.05) is 6.92 Å². The number of rotatable bonds is 5. The number of nitrogens with two attached hydrogens (primary N) is 1. The summed E-state index contributed by atoms with van der Waals surface area (Å²) >= 11 is 0. The summed E-state index contributed by atoms with van der Waals surface area (Å²) in [5, 5.41) is 0. The van der Waals surface area contributed by atoms with Gasteiger partial charge in [-0.05, 0) is 24.1 Å². The molecule has 2 atom stereocenters. The molecule has 0 aliphatic carbocycles. The molecule has 0 aliphatic rings. The van der Waals surface area contributed by atoms with Crippen LogP contribution in [0.2, 0.25) is 0 Å². The van der Waals surface area contributed by atoms with Crippen molar-refractivity contribution in [2.45, 2.75) is 38.1 Å². The summed E-state index contributed by atoms with van der Waals surface area (Å²) in [7, 11) is 1.28. The number of methoxy groups -OCH3 is 1. The molecule has 0 heterocycles. The molecule has 0 saturated heterocycles. The van der Waals surface area contributed by atoms with E-state index in [9.17, 15) is 13.6 Å². The third-order valence-electron chi connectivity index (χ3n) is 3.58. The van der Waals surface area contributed by atoms with E-state index in [2.05, 4.69) is 4.74 Å². The molecule has 19 heavy (non-hydrogen) atoms. The third-order valence-corrected chi connectivity index (χ3v) is 3.58. The van der Waals surface area contributed by atoms with Crippen molar-refractivity contribution in [3.05, 3.63) is 35.4 Å². The molecule has 0 aromatic heterocycles. The lowest BCUT2D eigenvalue weighted by Gasteiger charge is -2.34. The van der Waals surface area contributed by atoms with Crippen LogP contribution in [-0.4, -0.2) is 19.1 Å². The van der Waals surface area contributed by atoms with Gasteiger partial charge < -0.3 is 10.5 Å². The summed E-state index contributed by atoms with van der Waals surface area (Å²) in [5.74, 6) is -2.30. The molecule has 5 heteroatoms. The van der Waals surface area contributed by atoms with E-state index in [1.165, 1.54) is 13.2 Å². The molecule has 2 unspecified atom stereocenters. The standard InChI is InChI=1S/C14H19F2NO2/c1-4-12(17)14(2,8-13(18)19-3)9-5-6-10(15)11(16)7-9/h5-7,12H,4,8,17H2,1-3H3. The average molecular weight is 271 g/mol. The Hall–Kier alpha value is -1.49. The molecule has 3 nitrogen and oxygen atoms in total. The largest absolute Gasteiger partial charge is 0.469 e. The zero-order chi connectivity index (χ0) is 14.6. The van der Waals surface area contributed by atoms with E-state index in [1.54, 1.807) is 6.92 Å². The van der Waals surface area contributed by atoms with Gasteiger partial charge in [-0.25, -0.2) is 8.78 Å². The minimum atomic E-state index is -0.947. The van der Waals surface area contributed by atoms with Gasteiger partial charge in [0.15, 0.2) is 11.6 Å². The van der Waals surface area contributed by atoms with Crippen molar-refractivity contribution in [3.63, 3.8) is 0 Å². The highest BCUT2D eigenvalue weighted by atomic mass is 19.2. The van der Waals surface area contributed by atoms with Crippen LogP contribution in [0.1, 0.15) is 32.3 Å². The van der Waals surface area contributed by atoms with Gasteiger partial charge in [0.05, 0.1) is 13.5 Å². The van der Waals surface area contributed by atoms with Crippen LogP contribution < -0.4 is 5.73 Å². The predicted octanol–water partition coefficient (Wildman–Crippen LogP) is 2.52. The number of esters is 1. The fourth-order valence-electron chi connectivity index (χ4n) is 2.12. The SMILES string of the molecule is CCC(N)C(C)(CC(=O)OC)c1ccc(F)c(F)c1. The fraction of sp³-hybridized carbons (Fsp3) is 0.500. The van der Waals surface area contributed by atoms with Crippen LogP contribution in [0.3, 0.4) is 0 Å². The summed E-state index contributed by atoms with van der Waals surface area (Å²) in [4.78, 5) is 11.5. The van der Waals surface area contributed by atoms with Gasteiger partial charge in [0, 0.05) is 11.5 Å². The van der Waals surface area contributed by atoms with Crippen LogP contribution in [-0.2, 0) is 14.9 Å². The Morgan fingerprint density at radius 1 is 1.42 bits per heavy atom. The highest BCUT2D eigenvalue weighted by Gasteiger charge is 2.36. The first-order valence-corrected chi connectivity index (χ1v) is 6.13. The number of ether oxygens (including phenoxy) is 1. The summed E-state index contributed by atoms with van der Waals surface area (Å²) in [6.07, 6.45) is 0.621. The molecule has 2 N–H and O–H groups in total. The number of halogens is 2. The summed E-state index contributed by atoms with van der Waals surface area (Å²) in [6.45, 7) is 3.63. The van der Waals surface area contributed by atoms with E-state index < -0.39 is 23.0 Å². The van der Waals surface area contributed by atoms with Crippen LogP contribution >= 0.6 is 0 Å². The van der Waals surface area contributed by atoms with Crippen LogP contribution in [0.15, 0.2) is 18.2 Å². The summed E-state index contributed by atoms with van der Waals surface area (Å²) in [5.41, 5.74) is 5.75. The quantitative estimate of drug-likeness (QED) is 0.837. The highest BCUT2D eigenvalue weighted by Crippen LogP contribution is 2.33. The van der Waals surface area contributed by atoms with Crippen molar-refractivity contribution in [1.82, 2.24) is 0 Å². The highest BCUT2D eigenvalue weighted by molar-refractivity contribution is 5.71. The van der Waals surface area contributed by atoms with Gasteiger partial charge >= 0.3 is 5.97 Å². The van der Waals surface area contributed by atoms with E-state index >= 15 is 0 Å². The minimum Gasteiger partial charge on any atom is -0.469 e. The lowest BCUT2D eigenvalue weighted by molar-refractivity contribution is -0.142. The number of hydrogen-bond donors (Lipinski definition) is 1. The Labute approximate surface area is 111 Å². The number of carbonyl (C=O) groups is 1. The van der Waals surface area contributed by atoms with Gasteiger partial charge in [-0.3, -0.25) is 4.79 Å². The lowest BCUT2D eigenvalue weighted by atomic mass is 9.72. The van der Waals surface area contributed by atoms with Gasteiger partial charge in [0.2, 0.25) is 0 Å². The maximum Gasteiger partial charge on any atom is 0.306 e. The second kappa shape index (κ2) is 6.10. The second-order valence-corrected chi connectivity index (χ2v) is 4.81. The molecule has 1 rings (SSSR count). The van der Waals surface area contributed by atoms with Crippen molar-refractivity contribution in [2.24, 2.45) is 5.73 Å². The Balaban J connectivity index is 3.22. The average Bonchev–Trinajstić information content (AvgIpc) is 2.40. The normalized spacial score (nSPS) is 15.7. The molecule has 0 radical (unpaired) electrons. The second-order valence-electron chi connectivity index (χ2n) is 4.81. The molecule has 0 bridgehead atoms. The van der Waals surface area contributed by atoms with Crippen molar-refractivity contribution < 1.29 is 18.3 Å². The first-order chi connectivity index (χ1) is 8.85. The Kier molecular flexibility index (Phi) is 5.00. The van der Waals surface area contributed by atoms with E-state index in [0.717, 1.165) is 12.1 Å². The fourth-order valence-corrected chi connectivity index (χ4v) is 2.12. The van der Waals surface area contributed by atoms with E-state index in [0.29, 0.717) is 12.0 Å². The Morgan fingerprint density at radius 2 is 2.05 bits per heavy atom. The van der Waals surface area contributed by atoms with Crippen LogP contribution in [0.25, 0.3) is 0 Å². The van der Waals surface area contributed by atoms with Gasteiger partial charge in [-0.15, -0.1) is 0 Å². The number of benzene rings is 1. The van der Waals surface area contributed by atoms with Gasteiger partial charge in [0.25, 0.3) is 0 Å². The predicted molar refractivity (Wildman–Crippen MR) is 68.6 cm³/mol. The van der Waals surface area contributed by atoms with Gasteiger partial charge in [0.1, 0.15) is 0 Å². The Bertz CT molecular complexity index is 465. The number of carbonyl (C=O) groups excluding carboxylic acids is 1. The van der Waals surface area contributed by atoms with E-state index in [4.69, 9.17) is 5.73 Å². The van der Waals surface area contributed by atoms with E-state index in [-0.39, 0.29) is 12.5 Å². The molecule has 1 aromatic carbocycles. The molecule has 0 spiro atoms. The smallest absolute Gasteiger partial charge is 0.306 e. The number of hydrogen-bond acceptors (Lipinski definition) is 3. The van der Waals surface area contributed by atoms with Crippen molar-refractivity contribution in [2.75, 3.05) is 7.11 Å². The van der Waals surface area contributed by atoms with Crippen LogP contribution in [0.4, 0.5) is 8.78 Å². The first-order valence-electron chi connectivity index (χ1n) is 6.13.